The minimum atomic E-state index is -0.279. The maximum Gasteiger partial charge on any atom is 0.262 e. The molecule has 0 unspecified atom stereocenters. The van der Waals surface area contributed by atoms with E-state index in [0.717, 1.165) is 11.1 Å². The van der Waals surface area contributed by atoms with Crippen LogP contribution in [0.25, 0.3) is 10.9 Å². The fourth-order valence-corrected chi connectivity index (χ4v) is 4.26. The van der Waals surface area contributed by atoms with Gasteiger partial charge >= 0.3 is 0 Å². The fourth-order valence-electron chi connectivity index (χ4n) is 3.39. The molecule has 1 N–H and O–H groups in total. The number of carbonyl (C=O) groups is 1. The van der Waals surface area contributed by atoms with Crippen molar-refractivity contribution in [1.82, 2.24) is 14.9 Å². The number of amides is 1. The summed E-state index contributed by atoms with van der Waals surface area (Å²) in [5.74, 6) is -0.120. The molecule has 1 heterocycles. The number of aromatic nitrogens is 2. The fraction of sp³-hybridized carbons (Fsp3) is 0.120. The van der Waals surface area contributed by atoms with Crippen molar-refractivity contribution in [2.75, 3.05) is 5.75 Å². The third-order valence-corrected chi connectivity index (χ3v) is 6.05. The molecule has 3 aromatic carbocycles. The molecule has 4 aromatic rings. The Kier molecular flexibility index (Phi) is 7.08. The maximum absolute atomic E-state index is 13.3. The van der Waals surface area contributed by atoms with Crippen LogP contribution in [0, 0.1) is 11.3 Å². The molecule has 1 amide bonds. The lowest BCUT2D eigenvalue weighted by Gasteiger charge is -2.13. The van der Waals surface area contributed by atoms with E-state index in [9.17, 15) is 9.59 Å². The number of halogens is 1. The second-order valence-corrected chi connectivity index (χ2v) is 8.64. The van der Waals surface area contributed by atoms with E-state index in [1.54, 1.807) is 34.9 Å². The highest BCUT2D eigenvalue weighted by Crippen LogP contribution is 2.20. The Morgan fingerprint density at radius 3 is 2.61 bits per heavy atom. The molecule has 164 valence electrons. The molecule has 4 rings (SSSR count). The van der Waals surface area contributed by atoms with E-state index < -0.39 is 0 Å². The maximum atomic E-state index is 13.3. The van der Waals surface area contributed by atoms with Crippen LogP contribution < -0.4 is 10.9 Å². The van der Waals surface area contributed by atoms with Gasteiger partial charge in [0.2, 0.25) is 0 Å². The van der Waals surface area contributed by atoms with Crippen LogP contribution in [0.4, 0.5) is 0 Å². The van der Waals surface area contributed by atoms with Crippen molar-refractivity contribution in [1.29, 1.82) is 5.26 Å². The zero-order valence-corrected chi connectivity index (χ0v) is 19.1. The van der Waals surface area contributed by atoms with Gasteiger partial charge in [0.15, 0.2) is 5.16 Å². The van der Waals surface area contributed by atoms with Crippen LogP contribution in [0.3, 0.4) is 0 Å². The van der Waals surface area contributed by atoms with Crippen molar-refractivity contribution in [3.8, 4) is 6.07 Å². The summed E-state index contributed by atoms with van der Waals surface area (Å²) in [5.41, 5.74) is 2.44. The second kappa shape index (κ2) is 10.3. The standard InChI is InChI=1S/C25H19ClN4O2S/c26-20-8-4-7-18(13-20)15-28-23(31)19-9-10-21-22(14-19)29-25(33-12-11-27)30(24(21)32)16-17-5-2-1-3-6-17/h1-10,13-14H,12,15-16H2,(H,28,31). The smallest absolute Gasteiger partial charge is 0.262 e. The van der Waals surface area contributed by atoms with E-state index in [1.165, 1.54) is 11.8 Å². The van der Waals surface area contributed by atoms with Gasteiger partial charge in [-0.2, -0.15) is 5.26 Å². The number of hydrogen-bond donors (Lipinski definition) is 1. The summed E-state index contributed by atoms with van der Waals surface area (Å²) >= 11 is 7.19. The van der Waals surface area contributed by atoms with Crippen LogP contribution in [-0.2, 0) is 13.1 Å². The minimum absolute atomic E-state index is 0.159. The van der Waals surface area contributed by atoms with Crippen molar-refractivity contribution in [2.45, 2.75) is 18.2 Å². The quantitative estimate of drug-likeness (QED) is 0.311. The van der Waals surface area contributed by atoms with Gasteiger partial charge in [-0.25, -0.2) is 4.98 Å². The Bertz CT molecular complexity index is 1410. The highest BCUT2D eigenvalue weighted by Gasteiger charge is 2.14. The molecule has 0 aliphatic heterocycles. The Morgan fingerprint density at radius 1 is 1.06 bits per heavy atom. The van der Waals surface area contributed by atoms with E-state index in [0.29, 0.717) is 39.7 Å². The SMILES string of the molecule is N#CCSc1nc2cc(C(=O)NCc3cccc(Cl)c3)ccc2c(=O)n1Cc1ccccc1. The van der Waals surface area contributed by atoms with Gasteiger partial charge in [0.25, 0.3) is 11.5 Å². The molecule has 0 fully saturated rings. The van der Waals surface area contributed by atoms with Crippen LogP contribution in [0.2, 0.25) is 5.02 Å². The average Bonchev–Trinajstić information content (AvgIpc) is 2.83. The minimum Gasteiger partial charge on any atom is -0.348 e. The number of nitrogens with one attached hydrogen (secondary N) is 1. The van der Waals surface area contributed by atoms with Crippen molar-refractivity contribution in [3.63, 3.8) is 0 Å². The number of rotatable bonds is 7. The number of hydrogen-bond acceptors (Lipinski definition) is 5. The van der Waals surface area contributed by atoms with Gasteiger partial charge in [-0.1, -0.05) is 65.8 Å². The lowest BCUT2D eigenvalue weighted by atomic mass is 10.1. The topological polar surface area (TPSA) is 87.8 Å². The summed E-state index contributed by atoms with van der Waals surface area (Å²) in [4.78, 5) is 30.6. The first-order valence-corrected chi connectivity index (χ1v) is 11.5. The predicted molar refractivity (Wildman–Crippen MR) is 131 cm³/mol. The number of thioether (sulfide) groups is 1. The van der Waals surface area contributed by atoms with Gasteiger partial charge in [0, 0.05) is 17.1 Å². The third-order valence-electron chi connectivity index (χ3n) is 4.97. The van der Waals surface area contributed by atoms with Gasteiger partial charge < -0.3 is 5.32 Å². The molecule has 0 saturated heterocycles. The van der Waals surface area contributed by atoms with Crippen molar-refractivity contribution < 1.29 is 4.79 Å². The molecule has 6 nitrogen and oxygen atoms in total. The Labute approximate surface area is 199 Å². The molecule has 0 spiro atoms. The monoisotopic (exact) mass is 474 g/mol. The molecule has 0 aliphatic carbocycles. The second-order valence-electron chi connectivity index (χ2n) is 7.26. The lowest BCUT2D eigenvalue weighted by molar-refractivity contribution is 0.0951. The predicted octanol–water partition coefficient (Wildman–Crippen LogP) is 4.64. The molecule has 8 heteroatoms. The summed E-state index contributed by atoms with van der Waals surface area (Å²) in [7, 11) is 0. The van der Waals surface area contributed by atoms with Crippen molar-refractivity contribution in [3.05, 3.63) is 105 Å². The molecule has 1 aromatic heterocycles. The zero-order valence-electron chi connectivity index (χ0n) is 17.5. The molecule has 33 heavy (non-hydrogen) atoms. The van der Waals surface area contributed by atoms with Crippen LogP contribution >= 0.6 is 23.4 Å². The normalized spacial score (nSPS) is 10.7. The van der Waals surface area contributed by atoms with Crippen LogP contribution in [0.5, 0.6) is 0 Å². The third kappa shape index (κ3) is 5.43. The largest absolute Gasteiger partial charge is 0.348 e. The number of nitrogens with zero attached hydrogens (tertiary/aromatic N) is 3. The Balaban J connectivity index is 1.65. The summed E-state index contributed by atoms with van der Waals surface area (Å²) in [6.45, 7) is 0.672. The van der Waals surface area contributed by atoms with Gasteiger partial charge in [-0.05, 0) is 41.5 Å². The zero-order chi connectivity index (χ0) is 23.2. The number of nitriles is 1. The summed E-state index contributed by atoms with van der Waals surface area (Å²) < 4.78 is 1.57. The molecule has 0 saturated carbocycles. The average molecular weight is 475 g/mol. The summed E-state index contributed by atoms with van der Waals surface area (Å²) in [6.07, 6.45) is 0. The van der Waals surface area contributed by atoms with Gasteiger partial charge in [0.05, 0.1) is 29.3 Å². The first kappa shape index (κ1) is 22.6. The van der Waals surface area contributed by atoms with Crippen LogP contribution in [-0.4, -0.2) is 21.2 Å². The first-order valence-electron chi connectivity index (χ1n) is 10.2. The van der Waals surface area contributed by atoms with E-state index in [-0.39, 0.29) is 17.2 Å². The Morgan fingerprint density at radius 2 is 1.85 bits per heavy atom. The number of fused-ring (bicyclic) bond motifs is 1. The van der Waals surface area contributed by atoms with Crippen molar-refractivity contribution >= 4 is 40.2 Å². The van der Waals surface area contributed by atoms with Crippen LogP contribution in [0.1, 0.15) is 21.5 Å². The van der Waals surface area contributed by atoms with Gasteiger partial charge in [-0.3, -0.25) is 14.2 Å². The number of benzene rings is 3. The number of carbonyl (C=O) groups excluding carboxylic acids is 1. The van der Waals surface area contributed by atoms with E-state index in [2.05, 4.69) is 16.4 Å². The Hall–Kier alpha value is -3.60. The van der Waals surface area contributed by atoms with Gasteiger partial charge in [-0.15, -0.1) is 0 Å². The molecule has 0 aliphatic rings. The highest BCUT2D eigenvalue weighted by molar-refractivity contribution is 7.99. The lowest BCUT2D eigenvalue weighted by Crippen LogP contribution is -2.25. The van der Waals surface area contributed by atoms with Crippen molar-refractivity contribution in [2.24, 2.45) is 0 Å². The van der Waals surface area contributed by atoms with Gasteiger partial charge in [0.1, 0.15) is 0 Å². The molecular formula is C25H19ClN4O2S. The van der Waals surface area contributed by atoms with Crippen LogP contribution in [0.15, 0.2) is 82.7 Å². The van der Waals surface area contributed by atoms with E-state index >= 15 is 0 Å². The summed E-state index contributed by atoms with van der Waals surface area (Å²) in [6, 6.07) is 23.8. The summed E-state index contributed by atoms with van der Waals surface area (Å²) in [5, 5.41) is 13.3. The molecule has 0 radical (unpaired) electrons. The molecule has 0 atom stereocenters. The van der Waals surface area contributed by atoms with E-state index in [4.69, 9.17) is 16.9 Å². The highest BCUT2D eigenvalue weighted by atomic mass is 35.5. The first-order chi connectivity index (χ1) is 16.0. The molecule has 0 bridgehead atoms. The van der Waals surface area contributed by atoms with E-state index in [1.807, 2.05) is 42.5 Å². The molecular weight excluding hydrogens is 456 g/mol.